The number of methoxy groups -OCH3 is 2. The minimum Gasteiger partial charge on any atom is -0.481 e. The summed E-state index contributed by atoms with van der Waals surface area (Å²) in [5.41, 5.74) is 0.487. The molecule has 1 aromatic carbocycles. The van der Waals surface area contributed by atoms with Crippen LogP contribution in [0, 0.1) is 5.92 Å². The number of aliphatic hydroxyl groups is 1. The van der Waals surface area contributed by atoms with Crippen LogP contribution in [-0.2, 0) is 5.60 Å². The van der Waals surface area contributed by atoms with Gasteiger partial charge in [-0.25, -0.2) is 0 Å². The van der Waals surface area contributed by atoms with Crippen LogP contribution in [-0.4, -0.2) is 47.7 Å². The molecule has 2 aromatic rings. The zero-order valence-electron chi connectivity index (χ0n) is 17.0. The normalized spacial score (nSPS) is 26.5. The van der Waals surface area contributed by atoms with Gasteiger partial charge in [0.1, 0.15) is 5.56 Å². The Morgan fingerprint density at radius 1 is 1.10 bits per heavy atom. The molecule has 4 rings (SSSR count). The van der Waals surface area contributed by atoms with Crippen LogP contribution in [0.15, 0.2) is 42.5 Å². The summed E-state index contributed by atoms with van der Waals surface area (Å²) in [4.78, 5) is 19.7. The first-order valence-corrected chi connectivity index (χ1v) is 10.3. The van der Waals surface area contributed by atoms with Crippen molar-refractivity contribution in [2.75, 3.05) is 20.8 Å². The molecule has 2 aliphatic rings. The SMILES string of the molecule is COc1ccc(C(=O)N2CCC(O)(c3ccccc3)C3CCCCC32)c(OC)n1. The predicted molar refractivity (Wildman–Crippen MR) is 109 cm³/mol. The molecule has 2 fully saturated rings. The molecule has 1 aliphatic carbocycles. The van der Waals surface area contributed by atoms with Gasteiger partial charge in [-0.1, -0.05) is 43.2 Å². The van der Waals surface area contributed by atoms with Crippen LogP contribution in [0.4, 0.5) is 0 Å². The van der Waals surface area contributed by atoms with Crippen molar-refractivity contribution < 1.29 is 19.4 Å². The molecule has 0 radical (unpaired) electrons. The number of ether oxygens (including phenoxy) is 2. The van der Waals surface area contributed by atoms with E-state index in [1.54, 1.807) is 12.1 Å². The summed E-state index contributed by atoms with van der Waals surface area (Å²) < 4.78 is 10.5. The first-order chi connectivity index (χ1) is 14.1. The summed E-state index contributed by atoms with van der Waals surface area (Å²) >= 11 is 0. The Bertz CT molecular complexity index is 872. The number of pyridine rings is 1. The summed E-state index contributed by atoms with van der Waals surface area (Å²) in [6.45, 7) is 0.501. The Kier molecular flexibility index (Phi) is 5.46. The van der Waals surface area contributed by atoms with Crippen molar-refractivity contribution in [3.05, 3.63) is 53.6 Å². The molecule has 1 amide bonds. The van der Waals surface area contributed by atoms with Gasteiger partial charge in [-0.15, -0.1) is 0 Å². The van der Waals surface area contributed by atoms with Crippen LogP contribution in [0.25, 0.3) is 0 Å². The van der Waals surface area contributed by atoms with Gasteiger partial charge in [-0.2, -0.15) is 4.98 Å². The fourth-order valence-corrected chi connectivity index (χ4v) is 5.03. The van der Waals surface area contributed by atoms with Crippen LogP contribution >= 0.6 is 0 Å². The Hall–Kier alpha value is -2.60. The molecule has 1 saturated heterocycles. The number of hydrogen-bond donors (Lipinski definition) is 1. The highest BCUT2D eigenvalue weighted by molar-refractivity contribution is 5.96. The van der Waals surface area contributed by atoms with Gasteiger partial charge in [0.25, 0.3) is 5.91 Å². The van der Waals surface area contributed by atoms with Crippen LogP contribution in [0.5, 0.6) is 11.8 Å². The van der Waals surface area contributed by atoms with E-state index in [0.29, 0.717) is 24.4 Å². The highest BCUT2D eigenvalue weighted by Gasteiger charge is 2.50. The van der Waals surface area contributed by atoms with Crippen molar-refractivity contribution in [3.63, 3.8) is 0 Å². The minimum absolute atomic E-state index is 0.00186. The molecule has 0 bridgehead atoms. The van der Waals surface area contributed by atoms with Crippen molar-refractivity contribution in [2.45, 2.75) is 43.7 Å². The predicted octanol–water partition coefficient (Wildman–Crippen LogP) is 3.39. The highest BCUT2D eigenvalue weighted by Crippen LogP contribution is 2.47. The molecule has 3 atom stereocenters. The number of benzene rings is 1. The molecule has 29 heavy (non-hydrogen) atoms. The van der Waals surface area contributed by atoms with Gasteiger partial charge in [0.2, 0.25) is 11.8 Å². The van der Waals surface area contributed by atoms with E-state index in [1.807, 2.05) is 35.2 Å². The molecule has 1 aliphatic heterocycles. The maximum atomic E-state index is 13.5. The monoisotopic (exact) mass is 396 g/mol. The smallest absolute Gasteiger partial charge is 0.259 e. The van der Waals surface area contributed by atoms with Crippen LogP contribution < -0.4 is 9.47 Å². The van der Waals surface area contributed by atoms with Gasteiger partial charge >= 0.3 is 0 Å². The number of nitrogens with zero attached hydrogens (tertiary/aromatic N) is 2. The van der Waals surface area contributed by atoms with E-state index in [9.17, 15) is 9.90 Å². The zero-order chi connectivity index (χ0) is 20.4. The average Bonchev–Trinajstić information content (AvgIpc) is 2.79. The molecular weight excluding hydrogens is 368 g/mol. The molecule has 0 spiro atoms. The van der Waals surface area contributed by atoms with Gasteiger partial charge < -0.3 is 19.5 Å². The van der Waals surface area contributed by atoms with Gasteiger partial charge in [0.05, 0.1) is 19.8 Å². The number of likely N-dealkylation sites (tertiary alicyclic amines) is 1. The average molecular weight is 396 g/mol. The molecule has 6 nitrogen and oxygen atoms in total. The van der Waals surface area contributed by atoms with E-state index in [0.717, 1.165) is 31.2 Å². The third-order valence-corrected chi connectivity index (χ3v) is 6.48. The summed E-state index contributed by atoms with van der Waals surface area (Å²) in [6.07, 6.45) is 4.48. The lowest BCUT2D eigenvalue weighted by Gasteiger charge is -2.52. The molecule has 1 aromatic heterocycles. The van der Waals surface area contributed by atoms with E-state index < -0.39 is 5.60 Å². The Labute approximate surface area is 171 Å². The second kappa shape index (κ2) is 8.03. The van der Waals surface area contributed by atoms with E-state index in [4.69, 9.17) is 9.47 Å². The van der Waals surface area contributed by atoms with Crippen LogP contribution in [0.1, 0.15) is 48.0 Å². The quantitative estimate of drug-likeness (QED) is 0.858. The van der Waals surface area contributed by atoms with Gasteiger partial charge in [-0.05, 0) is 30.9 Å². The first kappa shape index (κ1) is 19.7. The number of carbonyl (C=O) groups excluding carboxylic acids is 1. The number of hydrogen-bond acceptors (Lipinski definition) is 5. The standard InChI is InChI=1S/C23H28N2O4/c1-28-20-13-12-17(21(24-20)29-2)22(26)25-15-14-23(27,16-8-4-3-5-9-16)18-10-6-7-11-19(18)25/h3-5,8-9,12-13,18-19,27H,6-7,10-11,14-15H2,1-2H3. The molecule has 2 heterocycles. The lowest BCUT2D eigenvalue weighted by atomic mass is 9.66. The number of fused-ring (bicyclic) bond motifs is 1. The molecule has 154 valence electrons. The van der Waals surface area contributed by atoms with E-state index in [2.05, 4.69) is 4.98 Å². The van der Waals surface area contributed by atoms with Crippen LogP contribution in [0.3, 0.4) is 0 Å². The minimum atomic E-state index is -0.897. The molecule has 1 N–H and O–H groups in total. The number of aromatic nitrogens is 1. The largest absolute Gasteiger partial charge is 0.481 e. The highest BCUT2D eigenvalue weighted by atomic mass is 16.5. The molecular formula is C23H28N2O4. The third kappa shape index (κ3) is 3.46. The van der Waals surface area contributed by atoms with E-state index in [-0.39, 0.29) is 23.7 Å². The summed E-state index contributed by atoms with van der Waals surface area (Å²) in [5, 5.41) is 11.7. The number of rotatable bonds is 4. The molecule has 6 heteroatoms. The lowest BCUT2D eigenvalue weighted by Crippen LogP contribution is -2.59. The van der Waals surface area contributed by atoms with Crippen molar-refractivity contribution in [1.29, 1.82) is 0 Å². The summed E-state index contributed by atoms with van der Waals surface area (Å²) in [6, 6.07) is 13.3. The Morgan fingerprint density at radius 2 is 1.86 bits per heavy atom. The summed E-state index contributed by atoms with van der Waals surface area (Å²) in [7, 11) is 3.04. The Morgan fingerprint density at radius 3 is 2.59 bits per heavy atom. The second-order valence-corrected chi connectivity index (χ2v) is 7.91. The Balaban J connectivity index is 1.66. The molecule has 3 unspecified atom stereocenters. The van der Waals surface area contributed by atoms with Gasteiger partial charge in [0, 0.05) is 24.6 Å². The number of piperidine rings is 1. The summed E-state index contributed by atoms with van der Waals surface area (Å²) in [5.74, 6) is 0.606. The molecule has 1 saturated carbocycles. The van der Waals surface area contributed by atoms with Crippen molar-refractivity contribution in [3.8, 4) is 11.8 Å². The second-order valence-electron chi connectivity index (χ2n) is 7.91. The number of carbonyl (C=O) groups is 1. The third-order valence-electron chi connectivity index (χ3n) is 6.48. The first-order valence-electron chi connectivity index (χ1n) is 10.3. The lowest BCUT2D eigenvalue weighted by molar-refractivity contribution is -0.110. The van der Waals surface area contributed by atoms with Gasteiger partial charge in [0.15, 0.2) is 0 Å². The van der Waals surface area contributed by atoms with Crippen molar-refractivity contribution in [2.24, 2.45) is 5.92 Å². The van der Waals surface area contributed by atoms with Crippen LogP contribution in [0.2, 0.25) is 0 Å². The fraction of sp³-hybridized carbons (Fsp3) is 0.478. The van der Waals surface area contributed by atoms with Crippen molar-refractivity contribution >= 4 is 5.91 Å². The topological polar surface area (TPSA) is 71.9 Å². The van der Waals surface area contributed by atoms with E-state index >= 15 is 0 Å². The maximum Gasteiger partial charge on any atom is 0.259 e. The number of amides is 1. The van der Waals surface area contributed by atoms with E-state index in [1.165, 1.54) is 14.2 Å². The fourth-order valence-electron chi connectivity index (χ4n) is 5.03. The zero-order valence-corrected chi connectivity index (χ0v) is 17.0. The van der Waals surface area contributed by atoms with Crippen molar-refractivity contribution in [1.82, 2.24) is 9.88 Å². The van der Waals surface area contributed by atoms with Gasteiger partial charge in [-0.3, -0.25) is 4.79 Å². The maximum absolute atomic E-state index is 13.5.